The maximum atomic E-state index is 11.8. The Morgan fingerprint density at radius 3 is 1.58 bits per heavy atom. The summed E-state index contributed by atoms with van der Waals surface area (Å²) in [6.45, 7) is 2.28. The van der Waals surface area contributed by atoms with Gasteiger partial charge in [0.25, 0.3) is 0 Å². The maximum Gasteiger partial charge on any atom is 0.362 e. The van der Waals surface area contributed by atoms with E-state index < -0.39 is 12.9 Å². The molecule has 0 rings (SSSR count). The Morgan fingerprint density at radius 1 is 0.710 bits per heavy atom. The Hall–Kier alpha value is -0.450. The molecular weight excluding hydrogens is 409 g/mol. The van der Waals surface area contributed by atoms with Gasteiger partial charge < -0.3 is 19.4 Å². The Balaban J connectivity index is 3.68. The first-order valence-corrected chi connectivity index (χ1v) is 14.0. The van der Waals surface area contributed by atoms with E-state index in [0.29, 0.717) is 10.9 Å². The minimum absolute atomic E-state index is 0.0569. The molecule has 0 aliphatic carbocycles. The molecule has 0 aromatic heterocycles. The Kier molecular flexibility index (Phi) is 16.8. The number of hydrogen-bond donors (Lipinski definition) is 3. The zero-order valence-electron chi connectivity index (χ0n) is 20.8. The van der Waals surface area contributed by atoms with Crippen LogP contribution >= 0.6 is 7.60 Å². The molecule has 0 amide bonds. The van der Waals surface area contributed by atoms with Crippen molar-refractivity contribution in [3.63, 3.8) is 0 Å². The number of unbranched alkanes of at least 4 members (excludes halogenated alkanes) is 11. The molecule has 0 saturated heterocycles. The van der Waals surface area contributed by atoms with Gasteiger partial charge in [0.1, 0.15) is 6.54 Å². The van der Waals surface area contributed by atoms with Gasteiger partial charge in [-0.05, 0) is 44.9 Å². The molecule has 0 aromatic rings. The highest BCUT2D eigenvalue weighted by Gasteiger charge is 2.48. The normalized spacial score (nSPS) is 15.2. The fourth-order valence-electron chi connectivity index (χ4n) is 3.79. The summed E-state index contributed by atoms with van der Waals surface area (Å²) in [5, 5.41) is 8.62. The van der Waals surface area contributed by atoms with Gasteiger partial charge in [-0.3, -0.25) is 4.57 Å². The molecule has 184 valence electrons. The minimum atomic E-state index is -4.55. The molecule has 0 bridgehead atoms. The van der Waals surface area contributed by atoms with Gasteiger partial charge in [-0.15, -0.1) is 0 Å². The van der Waals surface area contributed by atoms with Crippen molar-refractivity contribution in [2.24, 2.45) is 0 Å². The standard InChI is InChI=1S/C25H50NO4P/c1-5-6-7-8-9-10-11-12-13-14-15-16-17-18-19-20-21-22-23-25(27,31(28,29)30)24-26(2,3)4/h8-9,12-13,27H,5-7,10-11,14-24H2,1-4H3,(H-,28,29,30)/p+1/b9-8-,13-12-. The van der Waals surface area contributed by atoms with Crippen molar-refractivity contribution < 1.29 is 23.9 Å². The van der Waals surface area contributed by atoms with E-state index >= 15 is 0 Å². The monoisotopic (exact) mass is 460 g/mol. The van der Waals surface area contributed by atoms with Crippen LogP contribution in [-0.4, -0.2) is 52.4 Å². The lowest BCUT2D eigenvalue weighted by molar-refractivity contribution is -0.875. The van der Waals surface area contributed by atoms with Crippen LogP contribution in [0.5, 0.6) is 0 Å². The predicted molar refractivity (Wildman–Crippen MR) is 133 cm³/mol. The van der Waals surface area contributed by atoms with Crippen molar-refractivity contribution in [3.05, 3.63) is 24.3 Å². The van der Waals surface area contributed by atoms with Crippen LogP contribution in [0.3, 0.4) is 0 Å². The molecule has 0 spiro atoms. The highest BCUT2D eigenvalue weighted by Crippen LogP contribution is 2.52. The van der Waals surface area contributed by atoms with Gasteiger partial charge in [-0.2, -0.15) is 0 Å². The molecule has 0 radical (unpaired) electrons. The molecule has 0 heterocycles. The summed E-state index contributed by atoms with van der Waals surface area (Å²) in [6, 6.07) is 0. The number of aliphatic hydroxyl groups is 1. The van der Waals surface area contributed by atoms with E-state index in [0.717, 1.165) is 32.1 Å². The molecule has 0 saturated carbocycles. The summed E-state index contributed by atoms with van der Waals surface area (Å²) in [7, 11) is 0.964. The van der Waals surface area contributed by atoms with E-state index in [1.54, 1.807) is 0 Å². The van der Waals surface area contributed by atoms with E-state index in [2.05, 4.69) is 31.2 Å². The van der Waals surface area contributed by atoms with Crippen molar-refractivity contribution in [1.82, 2.24) is 0 Å². The fourth-order valence-corrected chi connectivity index (χ4v) is 4.85. The number of rotatable bonds is 20. The zero-order chi connectivity index (χ0) is 23.6. The lowest BCUT2D eigenvalue weighted by Crippen LogP contribution is -2.49. The molecule has 3 N–H and O–H groups in total. The van der Waals surface area contributed by atoms with Gasteiger partial charge in [0.05, 0.1) is 21.1 Å². The molecule has 0 fully saturated rings. The summed E-state index contributed by atoms with van der Waals surface area (Å²) < 4.78 is 12.1. The lowest BCUT2D eigenvalue weighted by Gasteiger charge is -2.35. The van der Waals surface area contributed by atoms with Crippen molar-refractivity contribution in [2.75, 3.05) is 27.7 Å². The summed E-state index contributed by atoms with van der Waals surface area (Å²) in [5.74, 6) is 0. The number of nitrogens with zero attached hydrogens (tertiary/aromatic N) is 1. The third-order valence-electron chi connectivity index (χ3n) is 5.53. The number of likely N-dealkylation sites (N-methyl/N-ethyl adjacent to an activating group) is 1. The third-order valence-corrected chi connectivity index (χ3v) is 6.97. The van der Waals surface area contributed by atoms with Crippen LogP contribution in [0, 0.1) is 0 Å². The second-order valence-corrected chi connectivity index (χ2v) is 11.9. The first-order chi connectivity index (χ1) is 14.5. The highest BCUT2D eigenvalue weighted by atomic mass is 31.2. The minimum Gasteiger partial charge on any atom is -0.373 e. The van der Waals surface area contributed by atoms with Crippen LogP contribution in [0.25, 0.3) is 0 Å². The van der Waals surface area contributed by atoms with Gasteiger partial charge in [0.2, 0.25) is 5.34 Å². The third kappa shape index (κ3) is 17.7. The molecule has 6 heteroatoms. The maximum absolute atomic E-state index is 11.8. The Bertz CT molecular complexity index is 536. The summed E-state index contributed by atoms with van der Waals surface area (Å²) in [5.41, 5.74) is 0. The van der Waals surface area contributed by atoms with Crippen LogP contribution in [0.1, 0.15) is 103 Å². The van der Waals surface area contributed by atoms with Gasteiger partial charge >= 0.3 is 7.60 Å². The molecule has 1 unspecified atom stereocenters. The number of allylic oxidation sites excluding steroid dienone is 4. The average molecular weight is 461 g/mol. The van der Waals surface area contributed by atoms with Crippen LogP contribution in [-0.2, 0) is 4.57 Å². The van der Waals surface area contributed by atoms with Crippen LogP contribution in [0.2, 0.25) is 0 Å². The van der Waals surface area contributed by atoms with Crippen LogP contribution < -0.4 is 0 Å². The molecule has 5 nitrogen and oxygen atoms in total. The molecule has 31 heavy (non-hydrogen) atoms. The Labute approximate surface area is 192 Å². The summed E-state index contributed by atoms with van der Waals surface area (Å²) in [6.07, 6.45) is 25.4. The van der Waals surface area contributed by atoms with E-state index in [1.807, 2.05) is 21.1 Å². The fraction of sp³-hybridized carbons (Fsp3) is 0.840. The zero-order valence-corrected chi connectivity index (χ0v) is 21.7. The smallest absolute Gasteiger partial charge is 0.362 e. The van der Waals surface area contributed by atoms with E-state index in [1.165, 1.54) is 51.4 Å². The summed E-state index contributed by atoms with van der Waals surface area (Å²) in [4.78, 5) is 19.2. The van der Waals surface area contributed by atoms with Crippen molar-refractivity contribution in [1.29, 1.82) is 0 Å². The van der Waals surface area contributed by atoms with E-state index in [4.69, 9.17) is 0 Å². The Morgan fingerprint density at radius 2 is 1.13 bits per heavy atom. The van der Waals surface area contributed by atoms with Gasteiger partial charge in [-0.1, -0.05) is 82.6 Å². The van der Waals surface area contributed by atoms with Crippen molar-refractivity contribution in [3.8, 4) is 0 Å². The highest BCUT2D eigenvalue weighted by molar-refractivity contribution is 7.53. The van der Waals surface area contributed by atoms with Crippen molar-refractivity contribution in [2.45, 2.75) is 109 Å². The second kappa shape index (κ2) is 17.1. The number of quaternary nitrogens is 1. The first kappa shape index (κ1) is 30.6. The average Bonchev–Trinajstić information content (AvgIpc) is 2.65. The summed E-state index contributed by atoms with van der Waals surface area (Å²) >= 11 is 0. The molecule has 0 aliphatic heterocycles. The van der Waals surface area contributed by atoms with Crippen LogP contribution in [0.15, 0.2) is 24.3 Å². The first-order valence-electron chi connectivity index (χ1n) is 12.4. The van der Waals surface area contributed by atoms with Crippen LogP contribution in [0.4, 0.5) is 0 Å². The van der Waals surface area contributed by atoms with Gasteiger partial charge in [-0.25, -0.2) is 0 Å². The molecular formula is C25H51NO4P+. The predicted octanol–water partition coefficient (Wildman–Crippen LogP) is 6.54. The second-order valence-electron chi connectivity index (χ2n) is 10.0. The van der Waals surface area contributed by atoms with E-state index in [-0.39, 0.29) is 13.0 Å². The van der Waals surface area contributed by atoms with Gasteiger partial charge in [0, 0.05) is 0 Å². The largest absolute Gasteiger partial charge is 0.373 e. The molecule has 1 atom stereocenters. The van der Waals surface area contributed by atoms with E-state index in [9.17, 15) is 19.5 Å². The SMILES string of the molecule is CCCC/C=C\CC/C=C\CCCCCCCCCCC(O)(C[N+](C)(C)C)P(=O)(O)O. The lowest BCUT2D eigenvalue weighted by atomic mass is 10.0. The van der Waals surface area contributed by atoms with Crippen molar-refractivity contribution >= 4 is 7.60 Å². The van der Waals surface area contributed by atoms with Gasteiger partial charge in [0.15, 0.2) is 0 Å². The topological polar surface area (TPSA) is 77.8 Å². The molecule has 0 aromatic carbocycles. The molecule has 0 aliphatic rings. The number of hydrogen-bond acceptors (Lipinski definition) is 2. The quantitative estimate of drug-likeness (QED) is 0.0834.